The molecular weight excluding hydrogens is 314 g/mol. The number of hydrogen-bond acceptors (Lipinski definition) is 3. The molecule has 0 saturated heterocycles. The van der Waals surface area contributed by atoms with Gasteiger partial charge in [-0.2, -0.15) is 0 Å². The van der Waals surface area contributed by atoms with Crippen molar-refractivity contribution in [1.29, 1.82) is 0 Å². The summed E-state index contributed by atoms with van der Waals surface area (Å²) in [6.07, 6.45) is 1.87. The summed E-state index contributed by atoms with van der Waals surface area (Å²) in [6.45, 7) is 9.43. The van der Waals surface area contributed by atoms with Crippen LogP contribution in [0.25, 0.3) is 0 Å². The molecule has 0 bridgehead atoms. The van der Waals surface area contributed by atoms with Gasteiger partial charge in [0.05, 0.1) is 18.3 Å². The lowest BCUT2D eigenvalue weighted by atomic mass is 9.94. The van der Waals surface area contributed by atoms with Gasteiger partial charge in [0, 0.05) is 18.0 Å². The molecule has 0 fully saturated rings. The first-order chi connectivity index (χ1) is 10.3. The molecule has 0 saturated carbocycles. The average Bonchev–Trinajstić information content (AvgIpc) is 2.99. The first kappa shape index (κ1) is 15.6. The highest BCUT2D eigenvalue weighted by Crippen LogP contribution is 2.35. The van der Waals surface area contributed by atoms with E-state index in [9.17, 15) is 0 Å². The van der Waals surface area contributed by atoms with Gasteiger partial charge in [0.25, 0.3) is 0 Å². The van der Waals surface area contributed by atoms with Gasteiger partial charge in [-0.3, -0.25) is 4.90 Å². The minimum Gasteiger partial charge on any atom is -0.319 e. The number of imidazole rings is 1. The normalized spacial score (nSPS) is 15.3. The number of hydrogen-bond donors (Lipinski definition) is 0. The van der Waals surface area contributed by atoms with E-state index in [0.29, 0.717) is 0 Å². The highest BCUT2D eigenvalue weighted by molar-refractivity contribution is 7.16. The molecule has 2 aromatic heterocycles. The van der Waals surface area contributed by atoms with Crippen LogP contribution >= 0.6 is 22.9 Å². The molecular formula is C17H20ClN3S. The second-order valence-electron chi connectivity index (χ2n) is 6.75. The maximum absolute atomic E-state index is 6.34. The van der Waals surface area contributed by atoms with E-state index in [2.05, 4.69) is 60.2 Å². The molecule has 3 nitrogen and oxygen atoms in total. The van der Waals surface area contributed by atoms with Crippen molar-refractivity contribution < 1.29 is 0 Å². The topological polar surface area (TPSA) is 21.1 Å². The van der Waals surface area contributed by atoms with Crippen molar-refractivity contribution in [3.8, 4) is 11.8 Å². The summed E-state index contributed by atoms with van der Waals surface area (Å²) >= 11 is 7.96. The predicted octanol–water partition coefficient (Wildman–Crippen LogP) is 3.74. The van der Waals surface area contributed by atoms with E-state index >= 15 is 0 Å². The molecule has 0 N–H and O–H groups in total. The summed E-state index contributed by atoms with van der Waals surface area (Å²) in [4.78, 5) is 8.01. The molecule has 3 heterocycles. The van der Waals surface area contributed by atoms with Crippen molar-refractivity contribution in [1.82, 2.24) is 14.5 Å². The largest absolute Gasteiger partial charge is 0.319 e. The van der Waals surface area contributed by atoms with Gasteiger partial charge in [0.15, 0.2) is 0 Å². The number of nitrogens with zero attached hydrogens (tertiary/aromatic N) is 3. The van der Waals surface area contributed by atoms with Gasteiger partial charge in [0.1, 0.15) is 15.9 Å². The fourth-order valence-electron chi connectivity index (χ4n) is 2.44. The van der Waals surface area contributed by atoms with Gasteiger partial charge >= 0.3 is 0 Å². The fraction of sp³-hybridized carbons (Fsp3) is 0.471. The van der Waals surface area contributed by atoms with Gasteiger partial charge in [-0.1, -0.05) is 38.3 Å². The van der Waals surface area contributed by atoms with E-state index in [1.165, 1.54) is 4.88 Å². The summed E-state index contributed by atoms with van der Waals surface area (Å²) in [6, 6.07) is 2.11. The standard InChI is InChI=1S/C17H20ClN3S/c1-17(2,3)14-9-12(16(18)22-14)5-6-13-10-19-15-11-20(4)7-8-21(13)15/h9-10H,7-8,11H2,1-4H3. The van der Waals surface area contributed by atoms with E-state index in [1.807, 2.05) is 6.20 Å². The molecule has 3 rings (SSSR count). The zero-order chi connectivity index (χ0) is 15.9. The van der Waals surface area contributed by atoms with Crippen molar-refractivity contribution in [2.45, 2.75) is 39.3 Å². The lowest BCUT2D eigenvalue weighted by Gasteiger charge is -2.23. The maximum Gasteiger partial charge on any atom is 0.123 e. The summed E-state index contributed by atoms with van der Waals surface area (Å²) < 4.78 is 2.98. The molecule has 0 aliphatic carbocycles. The van der Waals surface area contributed by atoms with Crippen LogP contribution in [-0.4, -0.2) is 28.0 Å². The fourth-order valence-corrected chi connectivity index (χ4v) is 3.68. The van der Waals surface area contributed by atoms with Crippen LogP contribution in [0.5, 0.6) is 0 Å². The monoisotopic (exact) mass is 333 g/mol. The van der Waals surface area contributed by atoms with E-state index in [-0.39, 0.29) is 5.41 Å². The molecule has 0 radical (unpaired) electrons. The summed E-state index contributed by atoms with van der Waals surface area (Å²) in [7, 11) is 2.11. The third kappa shape index (κ3) is 3.08. The van der Waals surface area contributed by atoms with Crippen LogP contribution in [0.15, 0.2) is 12.3 Å². The Balaban J connectivity index is 1.90. The first-order valence-corrected chi connectivity index (χ1v) is 8.59. The van der Waals surface area contributed by atoms with Crippen molar-refractivity contribution in [2.75, 3.05) is 13.6 Å². The molecule has 2 aromatic rings. The second kappa shape index (κ2) is 5.73. The molecule has 0 spiro atoms. The first-order valence-electron chi connectivity index (χ1n) is 7.39. The smallest absolute Gasteiger partial charge is 0.123 e. The highest BCUT2D eigenvalue weighted by Gasteiger charge is 2.19. The summed E-state index contributed by atoms with van der Waals surface area (Å²) in [5.41, 5.74) is 2.00. The number of aromatic nitrogens is 2. The molecule has 0 unspecified atom stereocenters. The Morgan fingerprint density at radius 1 is 1.27 bits per heavy atom. The Morgan fingerprint density at radius 3 is 2.73 bits per heavy atom. The molecule has 0 atom stereocenters. The van der Waals surface area contributed by atoms with Crippen molar-refractivity contribution in [2.24, 2.45) is 0 Å². The van der Waals surface area contributed by atoms with E-state index < -0.39 is 0 Å². The summed E-state index contributed by atoms with van der Waals surface area (Å²) in [5.74, 6) is 7.55. The predicted molar refractivity (Wildman–Crippen MR) is 92.6 cm³/mol. The third-order valence-corrected chi connectivity index (χ3v) is 5.59. The lowest BCUT2D eigenvalue weighted by Crippen LogP contribution is -2.30. The molecule has 22 heavy (non-hydrogen) atoms. The van der Waals surface area contributed by atoms with E-state index in [0.717, 1.165) is 41.1 Å². The van der Waals surface area contributed by atoms with Crippen LogP contribution in [0.3, 0.4) is 0 Å². The number of likely N-dealkylation sites (N-methyl/N-ethyl adjacent to an activating group) is 1. The molecule has 0 aromatic carbocycles. The van der Waals surface area contributed by atoms with E-state index in [4.69, 9.17) is 11.6 Å². The highest BCUT2D eigenvalue weighted by atomic mass is 35.5. The van der Waals surface area contributed by atoms with Gasteiger partial charge < -0.3 is 4.57 Å². The Morgan fingerprint density at radius 2 is 2.05 bits per heavy atom. The van der Waals surface area contributed by atoms with Gasteiger partial charge in [-0.15, -0.1) is 11.3 Å². The van der Waals surface area contributed by atoms with Crippen molar-refractivity contribution in [3.63, 3.8) is 0 Å². The third-order valence-electron chi connectivity index (χ3n) is 3.81. The molecule has 1 aliphatic rings. The minimum absolute atomic E-state index is 0.106. The quantitative estimate of drug-likeness (QED) is 0.685. The summed E-state index contributed by atoms with van der Waals surface area (Å²) in [5, 5.41) is 0. The van der Waals surface area contributed by atoms with E-state index in [1.54, 1.807) is 11.3 Å². The minimum atomic E-state index is 0.106. The molecule has 1 aliphatic heterocycles. The SMILES string of the molecule is CN1CCn2c(C#Cc3cc(C(C)(C)C)sc3Cl)cnc2C1. The Kier molecular flexibility index (Phi) is 4.07. The van der Waals surface area contributed by atoms with Crippen LogP contribution < -0.4 is 0 Å². The molecule has 0 amide bonds. The zero-order valence-electron chi connectivity index (χ0n) is 13.4. The Bertz CT molecular complexity index is 755. The number of rotatable bonds is 0. The molecule has 5 heteroatoms. The average molecular weight is 334 g/mol. The Labute approximate surface area is 140 Å². The van der Waals surface area contributed by atoms with Crippen LogP contribution in [0.4, 0.5) is 0 Å². The van der Waals surface area contributed by atoms with Gasteiger partial charge in [0.2, 0.25) is 0 Å². The second-order valence-corrected chi connectivity index (χ2v) is 8.40. The van der Waals surface area contributed by atoms with Crippen molar-refractivity contribution >= 4 is 22.9 Å². The Hall–Kier alpha value is -1.28. The maximum atomic E-state index is 6.34. The van der Waals surface area contributed by atoms with Crippen LogP contribution in [0, 0.1) is 11.8 Å². The van der Waals surface area contributed by atoms with Crippen LogP contribution in [0.1, 0.15) is 42.7 Å². The lowest BCUT2D eigenvalue weighted by molar-refractivity contribution is 0.264. The number of fused-ring (bicyclic) bond motifs is 1. The molecule has 116 valence electrons. The number of halogens is 1. The number of thiophene rings is 1. The van der Waals surface area contributed by atoms with Crippen LogP contribution in [-0.2, 0) is 18.5 Å². The van der Waals surface area contributed by atoms with Gasteiger partial charge in [-0.05, 0) is 24.4 Å². The van der Waals surface area contributed by atoms with Crippen molar-refractivity contribution in [3.05, 3.63) is 38.6 Å². The van der Waals surface area contributed by atoms with Crippen LogP contribution in [0.2, 0.25) is 4.34 Å². The van der Waals surface area contributed by atoms with Gasteiger partial charge in [-0.25, -0.2) is 4.98 Å². The zero-order valence-corrected chi connectivity index (χ0v) is 15.0.